The monoisotopic (exact) mass is 365 g/mol. The number of amides is 2. The molecular weight excluding hydrogens is 338 g/mol. The van der Waals surface area contributed by atoms with E-state index in [0.29, 0.717) is 13.0 Å². The maximum atomic E-state index is 13.1. The average molecular weight is 366 g/mol. The molecule has 2 aliphatic rings. The largest absolute Gasteiger partial charge is 0.350 e. The Balaban J connectivity index is 0.00000225. The predicted molar refractivity (Wildman–Crippen MR) is 101 cm³/mol. The highest BCUT2D eigenvalue weighted by Crippen LogP contribution is 2.26. The number of halogens is 1. The molecule has 0 radical (unpaired) electrons. The highest BCUT2D eigenvalue weighted by Gasteiger charge is 2.34. The summed E-state index contributed by atoms with van der Waals surface area (Å²) in [5, 5.41) is 6.60. The molecule has 2 N–H and O–H groups in total. The molecular formula is C19H28ClN3O2. The minimum absolute atomic E-state index is 0. The molecule has 3 atom stereocenters. The molecule has 1 aromatic carbocycles. The molecule has 3 unspecified atom stereocenters. The SMILES string of the molecule is CC1NCCCC1NC(=O)C(c1ccccc1)N1CCCCC1=O.Cl. The van der Waals surface area contributed by atoms with Crippen LogP contribution in [0, 0.1) is 0 Å². The standard InChI is InChI=1S/C19H27N3O2.ClH/c1-14-16(10-7-12-20-14)21-19(24)18(15-8-3-2-4-9-15)22-13-6-5-11-17(22)23;/h2-4,8-9,14,16,18,20H,5-7,10-13H2,1H3,(H,21,24);1H. The van der Waals surface area contributed by atoms with Crippen LogP contribution in [0.25, 0.3) is 0 Å². The third-order valence-corrected chi connectivity index (χ3v) is 5.12. The molecule has 25 heavy (non-hydrogen) atoms. The molecule has 0 aliphatic carbocycles. The zero-order valence-electron chi connectivity index (χ0n) is 14.7. The first-order chi connectivity index (χ1) is 11.7. The number of nitrogens with one attached hydrogen (secondary N) is 2. The topological polar surface area (TPSA) is 61.4 Å². The van der Waals surface area contributed by atoms with Gasteiger partial charge in [0.1, 0.15) is 6.04 Å². The van der Waals surface area contributed by atoms with Gasteiger partial charge in [0.15, 0.2) is 0 Å². The first kappa shape index (κ1) is 19.7. The van der Waals surface area contributed by atoms with Crippen LogP contribution in [-0.2, 0) is 9.59 Å². The van der Waals surface area contributed by atoms with Gasteiger partial charge in [-0.15, -0.1) is 12.4 Å². The van der Waals surface area contributed by atoms with E-state index in [2.05, 4.69) is 17.6 Å². The lowest BCUT2D eigenvalue weighted by atomic mass is 9.97. The van der Waals surface area contributed by atoms with Crippen molar-refractivity contribution < 1.29 is 9.59 Å². The Morgan fingerprint density at radius 1 is 1.24 bits per heavy atom. The number of nitrogens with zero attached hydrogens (tertiary/aromatic N) is 1. The molecule has 2 heterocycles. The molecule has 5 nitrogen and oxygen atoms in total. The van der Waals surface area contributed by atoms with Crippen LogP contribution in [0.5, 0.6) is 0 Å². The quantitative estimate of drug-likeness (QED) is 0.861. The van der Waals surface area contributed by atoms with Gasteiger partial charge in [0.25, 0.3) is 0 Å². The lowest BCUT2D eigenvalue weighted by molar-refractivity contribution is -0.143. The Morgan fingerprint density at radius 2 is 2.00 bits per heavy atom. The fourth-order valence-electron chi connectivity index (χ4n) is 3.71. The van der Waals surface area contributed by atoms with Crippen LogP contribution in [0.15, 0.2) is 30.3 Å². The van der Waals surface area contributed by atoms with E-state index in [1.165, 1.54) is 0 Å². The van der Waals surface area contributed by atoms with Crippen LogP contribution >= 0.6 is 12.4 Å². The van der Waals surface area contributed by atoms with E-state index in [1.54, 1.807) is 4.90 Å². The minimum atomic E-state index is -0.520. The fourth-order valence-corrected chi connectivity index (χ4v) is 3.71. The Hall–Kier alpha value is -1.59. The number of piperidine rings is 2. The molecule has 2 amide bonds. The summed E-state index contributed by atoms with van der Waals surface area (Å²) in [6, 6.07) is 9.53. The summed E-state index contributed by atoms with van der Waals surface area (Å²) in [6.45, 7) is 3.76. The van der Waals surface area contributed by atoms with E-state index in [0.717, 1.165) is 37.8 Å². The molecule has 1 aromatic rings. The minimum Gasteiger partial charge on any atom is -0.350 e. The second-order valence-corrected chi connectivity index (χ2v) is 6.86. The van der Waals surface area contributed by atoms with Crippen molar-refractivity contribution in [2.75, 3.05) is 13.1 Å². The zero-order valence-corrected chi connectivity index (χ0v) is 15.6. The number of hydrogen-bond donors (Lipinski definition) is 2. The normalized spacial score (nSPS) is 25.0. The summed E-state index contributed by atoms with van der Waals surface area (Å²) in [5.74, 6) is 0.0251. The van der Waals surface area contributed by atoms with Gasteiger partial charge in [-0.3, -0.25) is 9.59 Å². The van der Waals surface area contributed by atoms with Crippen LogP contribution in [0.3, 0.4) is 0 Å². The summed E-state index contributed by atoms with van der Waals surface area (Å²) in [7, 11) is 0. The molecule has 0 saturated carbocycles. The summed E-state index contributed by atoms with van der Waals surface area (Å²) in [6.07, 6.45) is 4.47. The number of likely N-dealkylation sites (tertiary alicyclic amines) is 1. The van der Waals surface area contributed by atoms with Crippen molar-refractivity contribution >= 4 is 24.2 Å². The molecule has 3 rings (SSSR count). The Morgan fingerprint density at radius 3 is 2.68 bits per heavy atom. The third kappa shape index (κ3) is 4.73. The van der Waals surface area contributed by atoms with Gasteiger partial charge in [-0.05, 0) is 44.7 Å². The lowest BCUT2D eigenvalue weighted by Gasteiger charge is -2.37. The Bertz CT molecular complexity index is 581. The summed E-state index contributed by atoms with van der Waals surface area (Å²) >= 11 is 0. The number of carbonyl (C=O) groups excluding carboxylic acids is 2. The van der Waals surface area contributed by atoms with Crippen molar-refractivity contribution in [2.24, 2.45) is 0 Å². The lowest BCUT2D eigenvalue weighted by Crippen LogP contribution is -2.55. The van der Waals surface area contributed by atoms with Gasteiger partial charge in [-0.25, -0.2) is 0 Å². The molecule has 0 bridgehead atoms. The number of carbonyl (C=O) groups is 2. The number of benzene rings is 1. The van der Waals surface area contributed by atoms with Gasteiger partial charge < -0.3 is 15.5 Å². The van der Waals surface area contributed by atoms with Crippen LogP contribution in [0.1, 0.15) is 50.6 Å². The highest BCUT2D eigenvalue weighted by molar-refractivity contribution is 5.89. The predicted octanol–water partition coefficient (Wildman–Crippen LogP) is 2.42. The first-order valence-corrected chi connectivity index (χ1v) is 9.05. The van der Waals surface area contributed by atoms with E-state index < -0.39 is 6.04 Å². The molecule has 0 spiro atoms. The molecule has 2 aliphatic heterocycles. The summed E-state index contributed by atoms with van der Waals surface area (Å²) < 4.78 is 0. The van der Waals surface area contributed by atoms with Crippen LogP contribution in [-0.4, -0.2) is 41.9 Å². The van der Waals surface area contributed by atoms with Gasteiger partial charge >= 0.3 is 0 Å². The van der Waals surface area contributed by atoms with Gasteiger partial charge in [0.05, 0.1) is 0 Å². The van der Waals surface area contributed by atoms with Gasteiger partial charge in [0, 0.05) is 25.0 Å². The summed E-state index contributed by atoms with van der Waals surface area (Å²) in [5.41, 5.74) is 0.890. The van der Waals surface area contributed by atoms with Crippen LogP contribution in [0.4, 0.5) is 0 Å². The second-order valence-electron chi connectivity index (χ2n) is 6.86. The van der Waals surface area contributed by atoms with Crippen molar-refractivity contribution in [3.63, 3.8) is 0 Å². The van der Waals surface area contributed by atoms with E-state index in [9.17, 15) is 9.59 Å². The van der Waals surface area contributed by atoms with Crippen molar-refractivity contribution in [3.05, 3.63) is 35.9 Å². The van der Waals surface area contributed by atoms with Crippen LogP contribution in [0.2, 0.25) is 0 Å². The van der Waals surface area contributed by atoms with Gasteiger partial charge in [-0.2, -0.15) is 0 Å². The van der Waals surface area contributed by atoms with E-state index in [4.69, 9.17) is 0 Å². The third-order valence-electron chi connectivity index (χ3n) is 5.12. The summed E-state index contributed by atoms with van der Waals surface area (Å²) in [4.78, 5) is 27.2. The average Bonchev–Trinajstić information content (AvgIpc) is 2.60. The number of rotatable bonds is 4. The maximum Gasteiger partial charge on any atom is 0.247 e. The maximum absolute atomic E-state index is 13.1. The Kier molecular flexibility index (Phi) is 7.26. The van der Waals surface area contributed by atoms with E-state index in [1.807, 2.05) is 30.3 Å². The Labute approximate surface area is 155 Å². The second kappa shape index (κ2) is 9.20. The number of hydrogen-bond acceptors (Lipinski definition) is 3. The van der Waals surface area contributed by atoms with Crippen molar-refractivity contribution in [1.82, 2.24) is 15.5 Å². The molecule has 0 aromatic heterocycles. The van der Waals surface area contributed by atoms with Crippen molar-refractivity contribution in [3.8, 4) is 0 Å². The van der Waals surface area contributed by atoms with Gasteiger partial charge in [0.2, 0.25) is 11.8 Å². The van der Waals surface area contributed by atoms with Gasteiger partial charge in [-0.1, -0.05) is 30.3 Å². The smallest absolute Gasteiger partial charge is 0.247 e. The molecule has 2 saturated heterocycles. The van der Waals surface area contributed by atoms with Crippen molar-refractivity contribution in [2.45, 2.75) is 57.2 Å². The fraction of sp³-hybridized carbons (Fsp3) is 0.579. The zero-order chi connectivity index (χ0) is 16.9. The highest BCUT2D eigenvalue weighted by atomic mass is 35.5. The molecule has 2 fully saturated rings. The van der Waals surface area contributed by atoms with E-state index >= 15 is 0 Å². The molecule has 6 heteroatoms. The van der Waals surface area contributed by atoms with E-state index in [-0.39, 0.29) is 36.3 Å². The molecule has 138 valence electrons. The van der Waals surface area contributed by atoms with Crippen LogP contribution < -0.4 is 10.6 Å². The first-order valence-electron chi connectivity index (χ1n) is 9.05. The van der Waals surface area contributed by atoms with Crippen molar-refractivity contribution in [1.29, 1.82) is 0 Å².